The van der Waals surface area contributed by atoms with Crippen LogP contribution in [0.4, 0.5) is 17.2 Å². The lowest BCUT2D eigenvalue weighted by Gasteiger charge is -2.36. The van der Waals surface area contributed by atoms with Crippen molar-refractivity contribution in [2.45, 2.75) is 6.92 Å². The number of methoxy groups -OCH3 is 1. The minimum atomic E-state index is -0.378. The highest BCUT2D eigenvalue weighted by molar-refractivity contribution is 5.53. The molecule has 1 aromatic heterocycles. The SMILES string of the molecule is COCCOCCOc1cc(C)nc(N2CCN(c3ccc([N+](=O)[O-])cc3)CC2)c1. The molecule has 0 amide bonds. The molecule has 2 aromatic rings. The Balaban J connectivity index is 1.53. The number of nitro groups is 1. The van der Waals surface area contributed by atoms with Crippen LogP contribution in [0.1, 0.15) is 5.69 Å². The van der Waals surface area contributed by atoms with Gasteiger partial charge in [0.25, 0.3) is 5.69 Å². The molecule has 162 valence electrons. The van der Waals surface area contributed by atoms with Crippen LogP contribution in [0.15, 0.2) is 36.4 Å². The lowest BCUT2D eigenvalue weighted by molar-refractivity contribution is -0.384. The van der Waals surface area contributed by atoms with Crippen molar-refractivity contribution in [3.05, 3.63) is 52.2 Å². The molecule has 2 heterocycles. The van der Waals surface area contributed by atoms with Gasteiger partial charge in [0.05, 0.1) is 24.7 Å². The van der Waals surface area contributed by atoms with Gasteiger partial charge in [-0.25, -0.2) is 4.98 Å². The highest BCUT2D eigenvalue weighted by Crippen LogP contribution is 2.24. The van der Waals surface area contributed by atoms with E-state index in [1.807, 2.05) is 19.1 Å². The summed E-state index contributed by atoms with van der Waals surface area (Å²) in [6.07, 6.45) is 0. The normalized spacial score (nSPS) is 14.1. The molecule has 0 atom stereocenters. The first-order valence-electron chi connectivity index (χ1n) is 9.99. The molecule has 0 unspecified atom stereocenters. The summed E-state index contributed by atoms with van der Waals surface area (Å²) in [6, 6.07) is 10.6. The van der Waals surface area contributed by atoms with Gasteiger partial charge < -0.3 is 24.0 Å². The second-order valence-electron chi connectivity index (χ2n) is 7.00. The molecule has 0 aliphatic carbocycles. The van der Waals surface area contributed by atoms with Crippen LogP contribution in [-0.2, 0) is 9.47 Å². The van der Waals surface area contributed by atoms with Crippen molar-refractivity contribution in [3.63, 3.8) is 0 Å². The zero-order valence-electron chi connectivity index (χ0n) is 17.5. The van der Waals surface area contributed by atoms with Crippen LogP contribution in [0.25, 0.3) is 0 Å². The van der Waals surface area contributed by atoms with E-state index in [-0.39, 0.29) is 10.6 Å². The molecule has 0 bridgehead atoms. The Morgan fingerprint density at radius 1 is 1.00 bits per heavy atom. The average Bonchev–Trinajstić information content (AvgIpc) is 2.76. The molecule has 9 heteroatoms. The van der Waals surface area contributed by atoms with Crippen LogP contribution < -0.4 is 14.5 Å². The maximum absolute atomic E-state index is 10.8. The Hall–Kier alpha value is -2.91. The number of non-ortho nitro benzene ring substituents is 1. The number of pyridine rings is 1. The van der Waals surface area contributed by atoms with Gasteiger partial charge in [-0.15, -0.1) is 0 Å². The molecule has 1 aliphatic rings. The summed E-state index contributed by atoms with van der Waals surface area (Å²) < 4.78 is 16.2. The van der Waals surface area contributed by atoms with Crippen molar-refractivity contribution in [2.75, 3.05) is 69.5 Å². The molecule has 0 N–H and O–H groups in total. The summed E-state index contributed by atoms with van der Waals surface area (Å²) >= 11 is 0. The van der Waals surface area contributed by atoms with E-state index in [1.54, 1.807) is 31.4 Å². The minimum Gasteiger partial charge on any atom is -0.491 e. The fourth-order valence-corrected chi connectivity index (χ4v) is 3.31. The highest BCUT2D eigenvalue weighted by atomic mass is 16.6. The van der Waals surface area contributed by atoms with Crippen molar-refractivity contribution in [2.24, 2.45) is 0 Å². The molecule has 1 saturated heterocycles. The molecule has 0 radical (unpaired) electrons. The minimum absolute atomic E-state index is 0.109. The van der Waals surface area contributed by atoms with Crippen LogP contribution in [0.3, 0.4) is 0 Å². The average molecular weight is 416 g/mol. The number of nitrogens with zero attached hydrogens (tertiary/aromatic N) is 4. The van der Waals surface area contributed by atoms with Crippen LogP contribution in [0.5, 0.6) is 5.75 Å². The highest BCUT2D eigenvalue weighted by Gasteiger charge is 2.20. The Morgan fingerprint density at radius 2 is 1.67 bits per heavy atom. The van der Waals surface area contributed by atoms with Gasteiger partial charge in [-0.05, 0) is 19.1 Å². The van der Waals surface area contributed by atoms with Crippen molar-refractivity contribution >= 4 is 17.2 Å². The number of hydrogen-bond donors (Lipinski definition) is 0. The molecular formula is C21H28N4O5. The van der Waals surface area contributed by atoms with Gasteiger partial charge in [0.1, 0.15) is 18.2 Å². The first-order chi connectivity index (χ1) is 14.6. The number of anilines is 2. The molecular weight excluding hydrogens is 388 g/mol. The summed E-state index contributed by atoms with van der Waals surface area (Å²) in [4.78, 5) is 19.6. The van der Waals surface area contributed by atoms with E-state index in [0.29, 0.717) is 26.4 Å². The third-order valence-corrected chi connectivity index (χ3v) is 4.87. The van der Waals surface area contributed by atoms with Gasteiger partial charge in [-0.3, -0.25) is 10.1 Å². The second kappa shape index (κ2) is 10.7. The number of rotatable bonds is 10. The van der Waals surface area contributed by atoms with Crippen molar-refractivity contribution in [1.29, 1.82) is 0 Å². The number of benzene rings is 1. The standard InChI is InChI=1S/C21H28N4O5/c1-17-15-20(30-14-13-29-12-11-28-2)16-21(22-17)24-9-7-23(8-10-24)18-3-5-19(6-4-18)25(26)27/h3-6,15-16H,7-14H2,1-2H3. The van der Waals surface area contributed by atoms with E-state index in [2.05, 4.69) is 14.8 Å². The van der Waals surface area contributed by atoms with Gasteiger partial charge in [-0.2, -0.15) is 0 Å². The maximum Gasteiger partial charge on any atom is 0.269 e. The van der Waals surface area contributed by atoms with Crippen LogP contribution >= 0.6 is 0 Å². The summed E-state index contributed by atoms with van der Waals surface area (Å²) in [5.74, 6) is 1.68. The summed E-state index contributed by atoms with van der Waals surface area (Å²) in [5, 5.41) is 10.8. The summed E-state index contributed by atoms with van der Waals surface area (Å²) in [5.41, 5.74) is 2.01. The largest absolute Gasteiger partial charge is 0.491 e. The van der Waals surface area contributed by atoms with Gasteiger partial charge in [0, 0.05) is 68.9 Å². The number of nitro benzene ring substituents is 1. The van der Waals surface area contributed by atoms with Crippen molar-refractivity contribution in [1.82, 2.24) is 4.98 Å². The van der Waals surface area contributed by atoms with E-state index >= 15 is 0 Å². The monoisotopic (exact) mass is 416 g/mol. The molecule has 1 fully saturated rings. The first-order valence-corrected chi connectivity index (χ1v) is 9.99. The van der Waals surface area contributed by atoms with E-state index in [9.17, 15) is 10.1 Å². The summed E-state index contributed by atoms with van der Waals surface area (Å²) in [7, 11) is 1.65. The number of hydrogen-bond acceptors (Lipinski definition) is 8. The molecule has 30 heavy (non-hydrogen) atoms. The Morgan fingerprint density at radius 3 is 2.33 bits per heavy atom. The quantitative estimate of drug-likeness (QED) is 0.332. The number of aromatic nitrogens is 1. The predicted octanol–water partition coefficient (Wildman–Crippen LogP) is 2.67. The van der Waals surface area contributed by atoms with Gasteiger partial charge in [0.2, 0.25) is 0 Å². The van der Waals surface area contributed by atoms with Crippen LogP contribution in [0.2, 0.25) is 0 Å². The predicted molar refractivity (Wildman–Crippen MR) is 115 cm³/mol. The molecule has 3 rings (SSSR count). The first kappa shape index (κ1) is 21.8. The summed E-state index contributed by atoms with van der Waals surface area (Å²) in [6.45, 7) is 7.32. The zero-order valence-corrected chi connectivity index (χ0v) is 17.5. The lowest BCUT2D eigenvalue weighted by Crippen LogP contribution is -2.46. The molecule has 1 aromatic carbocycles. The topological polar surface area (TPSA) is 90.2 Å². The van der Waals surface area contributed by atoms with Crippen LogP contribution in [-0.4, -0.2) is 69.6 Å². The fraction of sp³-hybridized carbons (Fsp3) is 0.476. The maximum atomic E-state index is 10.8. The Kier molecular flexibility index (Phi) is 7.81. The molecule has 0 spiro atoms. The van der Waals surface area contributed by atoms with Gasteiger partial charge in [-0.1, -0.05) is 0 Å². The van der Waals surface area contributed by atoms with Crippen molar-refractivity contribution in [3.8, 4) is 5.75 Å². The molecule has 9 nitrogen and oxygen atoms in total. The van der Waals surface area contributed by atoms with E-state index in [1.165, 1.54) is 0 Å². The third kappa shape index (κ3) is 6.04. The van der Waals surface area contributed by atoms with Gasteiger partial charge in [0.15, 0.2) is 0 Å². The number of aryl methyl sites for hydroxylation is 1. The zero-order chi connectivity index (χ0) is 21.3. The third-order valence-electron chi connectivity index (χ3n) is 4.87. The van der Waals surface area contributed by atoms with Crippen molar-refractivity contribution < 1.29 is 19.1 Å². The smallest absolute Gasteiger partial charge is 0.269 e. The van der Waals surface area contributed by atoms with E-state index in [0.717, 1.165) is 49.1 Å². The lowest BCUT2D eigenvalue weighted by atomic mass is 10.2. The Bertz CT molecular complexity index is 823. The fourth-order valence-electron chi connectivity index (χ4n) is 3.31. The molecule has 1 aliphatic heterocycles. The van der Waals surface area contributed by atoms with E-state index < -0.39 is 0 Å². The van der Waals surface area contributed by atoms with Crippen LogP contribution in [0, 0.1) is 17.0 Å². The number of ether oxygens (including phenoxy) is 3. The second-order valence-corrected chi connectivity index (χ2v) is 7.00. The molecule has 0 saturated carbocycles. The van der Waals surface area contributed by atoms with Gasteiger partial charge >= 0.3 is 0 Å². The Labute approximate surface area is 176 Å². The number of piperazine rings is 1. The van der Waals surface area contributed by atoms with E-state index in [4.69, 9.17) is 14.2 Å².